The van der Waals surface area contributed by atoms with Gasteiger partial charge in [-0.05, 0) is 30.5 Å². The molecule has 1 aliphatic heterocycles. The molecule has 6 heteroatoms. The number of nitrogens with two attached hydrogens (primary N) is 1. The predicted octanol–water partition coefficient (Wildman–Crippen LogP) is 1.18. The monoisotopic (exact) mass is 312 g/mol. The first-order chi connectivity index (χ1) is 10.1. The zero-order valence-corrected chi connectivity index (χ0v) is 14.6. The molecule has 5 nitrogen and oxygen atoms in total. The molecule has 120 valence electrons. The van der Waals surface area contributed by atoms with Crippen LogP contribution in [0.4, 0.5) is 0 Å². The summed E-state index contributed by atoms with van der Waals surface area (Å²) in [6, 6.07) is 10.6. The molecule has 3 N–H and O–H groups in total. The minimum absolute atomic E-state index is 0.184. The molecule has 1 aliphatic rings. The molecule has 2 rings (SSSR count). The van der Waals surface area contributed by atoms with E-state index < -0.39 is 9.53 Å². The zero-order chi connectivity index (χ0) is 15.7. The Hall–Kier alpha value is -0.763. The van der Waals surface area contributed by atoms with Gasteiger partial charge in [0.1, 0.15) is 0 Å². The van der Waals surface area contributed by atoms with Crippen LogP contribution >= 0.6 is 0 Å². The first-order valence-corrected chi connectivity index (χ1v) is 8.65. The smallest absolute Gasteiger partial charge is 0.379 e. The minimum atomic E-state index is -1.67. The van der Waals surface area contributed by atoms with Gasteiger partial charge in [0, 0.05) is 27.4 Å². The Morgan fingerprint density at radius 3 is 1.95 bits per heavy atom. The van der Waals surface area contributed by atoms with E-state index in [4.69, 9.17) is 19.0 Å². The van der Waals surface area contributed by atoms with E-state index in [2.05, 4.69) is 36.5 Å². The Bertz CT molecular complexity index is 367. The third-order valence-electron chi connectivity index (χ3n) is 3.88. The van der Waals surface area contributed by atoms with Crippen LogP contribution in [0.3, 0.4) is 0 Å². The van der Waals surface area contributed by atoms with Crippen molar-refractivity contribution in [2.24, 2.45) is 17.6 Å². The van der Waals surface area contributed by atoms with Crippen molar-refractivity contribution in [3.63, 3.8) is 0 Å². The fourth-order valence-electron chi connectivity index (χ4n) is 2.24. The summed E-state index contributed by atoms with van der Waals surface area (Å²) >= 11 is 0. The highest BCUT2D eigenvalue weighted by molar-refractivity contribution is 6.36. The molecule has 21 heavy (non-hydrogen) atoms. The summed E-state index contributed by atoms with van der Waals surface area (Å²) < 4.78 is 14.2. The number of nitrogens with one attached hydrogen (secondary N) is 1. The first kappa shape index (κ1) is 18.3. The molecule has 0 amide bonds. The van der Waals surface area contributed by atoms with Gasteiger partial charge in [-0.15, -0.1) is 0 Å². The Kier molecular flexibility index (Phi) is 8.75. The largest absolute Gasteiger partial charge is 0.483 e. The van der Waals surface area contributed by atoms with E-state index in [1.807, 2.05) is 6.07 Å². The predicted molar refractivity (Wildman–Crippen MR) is 87.1 cm³/mol. The molecule has 0 radical (unpaired) electrons. The van der Waals surface area contributed by atoms with Crippen LogP contribution < -0.4 is 11.1 Å². The van der Waals surface area contributed by atoms with Crippen LogP contribution in [0.15, 0.2) is 30.3 Å². The molecular weight excluding hydrogens is 284 g/mol. The molecule has 0 bridgehead atoms. The van der Waals surface area contributed by atoms with Crippen molar-refractivity contribution >= 4 is 9.53 Å². The van der Waals surface area contributed by atoms with E-state index in [1.54, 1.807) is 21.3 Å². The standard InChI is InChI=1S/C12H18N2.C3H10O3Si/c1-9(11-7-14-8-11)12(13)10-5-3-2-4-6-10;1-4-7(5-2)6-3/h2-6,9,11-12,14H,7-8,13H2,1H3;7H,1-3H3. The van der Waals surface area contributed by atoms with Gasteiger partial charge in [0.05, 0.1) is 0 Å². The topological polar surface area (TPSA) is 65.7 Å². The van der Waals surface area contributed by atoms with Crippen molar-refractivity contribution < 1.29 is 13.3 Å². The SMILES string of the molecule is CC(C1CNC1)C(N)c1ccccc1.CO[SiH](OC)OC. The summed E-state index contributed by atoms with van der Waals surface area (Å²) in [5.41, 5.74) is 7.48. The van der Waals surface area contributed by atoms with Crippen LogP contribution in [0.1, 0.15) is 18.5 Å². The van der Waals surface area contributed by atoms with E-state index in [1.165, 1.54) is 5.56 Å². The molecule has 1 aromatic rings. The van der Waals surface area contributed by atoms with Gasteiger partial charge < -0.3 is 24.3 Å². The molecule has 1 aromatic carbocycles. The van der Waals surface area contributed by atoms with Crippen molar-refractivity contribution in [2.45, 2.75) is 13.0 Å². The fraction of sp³-hybridized carbons (Fsp3) is 0.600. The van der Waals surface area contributed by atoms with Gasteiger partial charge >= 0.3 is 9.53 Å². The van der Waals surface area contributed by atoms with Crippen LogP contribution in [0.5, 0.6) is 0 Å². The van der Waals surface area contributed by atoms with Gasteiger partial charge in [0.25, 0.3) is 0 Å². The number of hydrogen-bond donors (Lipinski definition) is 2. The molecule has 2 unspecified atom stereocenters. The van der Waals surface area contributed by atoms with Gasteiger partial charge in [-0.3, -0.25) is 0 Å². The minimum Gasteiger partial charge on any atom is -0.379 e. The molecule has 1 saturated heterocycles. The lowest BCUT2D eigenvalue weighted by atomic mass is 9.81. The van der Waals surface area contributed by atoms with E-state index >= 15 is 0 Å². The lowest BCUT2D eigenvalue weighted by Gasteiger charge is -2.36. The molecule has 2 atom stereocenters. The lowest BCUT2D eigenvalue weighted by Crippen LogP contribution is -2.47. The maximum atomic E-state index is 6.22. The van der Waals surface area contributed by atoms with E-state index in [-0.39, 0.29) is 6.04 Å². The van der Waals surface area contributed by atoms with Crippen LogP contribution in [0, 0.1) is 11.8 Å². The van der Waals surface area contributed by atoms with Crippen LogP contribution in [0.25, 0.3) is 0 Å². The molecule has 0 saturated carbocycles. The number of hydrogen-bond acceptors (Lipinski definition) is 5. The van der Waals surface area contributed by atoms with Crippen LogP contribution in [-0.2, 0) is 13.3 Å². The normalized spacial score (nSPS) is 17.6. The summed E-state index contributed by atoms with van der Waals surface area (Å²) in [5, 5.41) is 3.29. The second-order valence-electron chi connectivity index (χ2n) is 5.21. The second-order valence-corrected chi connectivity index (χ2v) is 7.20. The molecular formula is C15H28N2O3Si. The fourth-order valence-corrected chi connectivity index (χ4v) is 2.82. The highest BCUT2D eigenvalue weighted by Gasteiger charge is 2.28. The quantitative estimate of drug-likeness (QED) is 0.772. The van der Waals surface area contributed by atoms with Gasteiger partial charge in [0.2, 0.25) is 0 Å². The van der Waals surface area contributed by atoms with Crippen molar-refractivity contribution in [2.75, 3.05) is 34.4 Å². The molecule has 0 aromatic heterocycles. The average Bonchev–Trinajstić information content (AvgIpc) is 2.48. The van der Waals surface area contributed by atoms with Gasteiger partial charge in [-0.1, -0.05) is 37.3 Å². The van der Waals surface area contributed by atoms with E-state index in [9.17, 15) is 0 Å². The van der Waals surface area contributed by atoms with Gasteiger partial charge in [0.15, 0.2) is 0 Å². The summed E-state index contributed by atoms with van der Waals surface area (Å²) in [4.78, 5) is 0. The maximum absolute atomic E-state index is 6.22. The van der Waals surface area contributed by atoms with Crippen molar-refractivity contribution in [1.29, 1.82) is 0 Å². The zero-order valence-electron chi connectivity index (χ0n) is 13.4. The Morgan fingerprint density at radius 1 is 1.10 bits per heavy atom. The Morgan fingerprint density at radius 2 is 1.62 bits per heavy atom. The van der Waals surface area contributed by atoms with Crippen molar-refractivity contribution in [3.8, 4) is 0 Å². The Balaban J connectivity index is 0.000000270. The highest BCUT2D eigenvalue weighted by atomic mass is 28.3. The highest BCUT2D eigenvalue weighted by Crippen LogP contribution is 2.27. The lowest BCUT2D eigenvalue weighted by molar-refractivity contribution is 0.163. The van der Waals surface area contributed by atoms with Gasteiger partial charge in [-0.2, -0.15) is 0 Å². The molecule has 1 heterocycles. The van der Waals surface area contributed by atoms with Crippen molar-refractivity contribution in [3.05, 3.63) is 35.9 Å². The number of rotatable bonds is 6. The maximum Gasteiger partial charge on any atom is 0.483 e. The summed E-state index contributed by atoms with van der Waals surface area (Å²) in [7, 11) is 3.05. The summed E-state index contributed by atoms with van der Waals surface area (Å²) in [6.07, 6.45) is 0. The van der Waals surface area contributed by atoms with Crippen LogP contribution in [-0.4, -0.2) is 43.9 Å². The van der Waals surface area contributed by atoms with Crippen molar-refractivity contribution in [1.82, 2.24) is 5.32 Å². The second kappa shape index (κ2) is 10.0. The molecule has 0 aliphatic carbocycles. The number of benzene rings is 1. The molecule has 1 fully saturated rings. The summed E-state index contributed by atoms with van der Waals surface area (Å²) in [6.45, 7) is 4.51. The summed E-state index contributed by atoms with van der Waals surface area (Å²) in [5.74, 6) is 1.32. The first-order valence-electron chi connectivity index (χ1n) is 7.23. The average molecular weight is 312 g/mol. The third-order valence-corrected chi connectivity index (χ3v) is 5.04. The van der Waals surface area contributed by atoms with Gasteiger partial charge in [-0.25, -0.2) is 0 Å². The van der Waals surface area contributed by atoms with Crippen LogP contribution in [0.2, 0.25) is 0 Å². The third kappa shape index (κ3) is 5.86. The van der Waals surface area contributed by atoms with E-state index in [0.717, 1.165) is 19.0 Å². The Labute approximate surface area is 129 Å². The van der Waals surface area contributed by atoms with E-state index in [0.29, 0.717) is 5.92 Å². The molecule has 0 spiro atoms.